The molecule has 0 unspecified atom stereocenters. The molecule has 0 aromatic heterocycles. The lowest BCUT2D eigenvalue weighted by molar-refractivity contribution is -0.140. The standard InChI is InChI=1S/C17H26O7S/c1-14-7-9-16(10-8-14)25(20,21)24-13-15(18)12-23-11-5-3-4-6-17(19)22-2/h7-10,15,18H,3-6,11-13H2,1-2H3/t15-/m1/s1. The molecule has 0 saturated carbocycles. The van der Waals surface area contributed by atoms with Crippen molar-refractivity contribution in [1.29, 1.82) is 0 Å². The summed E-state index contributed by atoms with van der Waals surface area (Å²) in [7, 11) is -2.53. The van der Waals surface area contributed by atoms with Crippen LogP contribution in [0, 0.1) is 6.92 Å². The van der Waals surface area contributed by atoms with Crippen LogP contribution in [-0.2, 0) is 28.6 Å². The van der Waals surface area contributed by atoms with Gasteiger partial charge in [0.25, 0.3) is 10.1 Å². The van der Waals surface area contributed by atoms with Crippen molar-refractivity contribution in [2.75, 3.05) is 26.9 Å². The minimum Gasteiger partial charge on any atom is -0.469 e. The molecule has 0 radical (unpaired) electrons. The van der Waals surface area contributed by atoms with Crippen molar-refractivity contribution in [2.24, 2.45) is 0 Å². The Kier molecular flexibility index (Phi) is 9.66. The summed E-state index contributed by atoms with van der Waals surface area (Å²) in [5, 5.41) is 9.74. The summed E-state index contributed by atoms with van der Waals surface area (Å²) in [6, 6.07) is 6.27. The largest absolute Gasteiger partial charge is 0.469 e. The summed E-state index contributed by atoms with van der Waals surface area (Å²) < 4.78 is 38.6. The van der Waals surface area contributed by atoms with Crippen LogP contribution in [0.25, 0.3) is 0 Å². The van der Waals surface area contributed by atoms with Gasteiger partial charge in [-0.2, -0.15) is 8.42 Å². The van der Waals surface area contributed by atoms with Gasteiger partial charge in [0, 0.05) is 13.0 Å². The first-order chi connectivity index (χ1) is 11.8. The summed E-state index contributed by atoms with van der Waals surface area (Å²) >= 11 is 0. The van der Waals surface area contributed by atoms with Crippen LogP contribution in [-0.4, -0.2) is 52.5 Å². The summed E-state index contributed by atoms with van der Waals surface area (Å²) in [5.41, 5.74) is 0.943. The minimum atomic E-state index is -3.88. The first-order valence-electron chi connectivity index (χ1n) is 8.14. The van der Waals surface area contributed by atoms with Gasteiger partial charge in [0.1, 0.15) is 6.10 Å². The maximum absolute atomic E-state index is 12.0. The maximum Gasteiger partial charge on any atom is 0.305 e. The first kappa shape index (κ1) is 21.6. The number of hydrogen-bond donors (Lipinski definition) is 1. The van der Waals surface area contributed by atoms with E-state index in [9.17, 15) is 18.3 Å². The summed E-state index contributed by atoms with van der Waals surface area (Å²) in [6.07, 6.45) is 1.62. The van der Waals surface area contributed by atoms with Crippen molar-refractivity contribution in [2.45, 2.75) is 43.6 Å². The molecule has 0 heterocycles. The Labute approximate surface area is 149 Å². The fourth-order valence-corrected chi connectivity index (χ4v) is 2.90. The average Bonchev–Trinajstić information content (AvgIpc) is 2.59. The van der Waals surface area contributed by atoms with Gasteiger partial charge in [-0.3, -0.25) is 8.98 Å². The second-order valence-corrected chi connectivity index (χ2v) is 7.28. The second-order valence-electron chi connectivity index (χ2n) is 5.67. The van der Waals surface area contributed by atoms with Crippen LogP contribution in [0.4, 0.5) is 0 Å². The molecule has 142 valence electrons. The van der Waals surface area contributed by atoms with Crippen molar-refractivity contribution in [3.05, 3.63) is 29.8 Å². The molecule has 0 aliphatic rings. The van der Waals surface area contributed by atoms with Crippen molar-refractivity contribution < 1.29 is 32.0 Å². The number of hydrogen-bond acceptors (Lipinski definition) is 7. The highest BCUT2D eigenvalue weighted by Crippen LogP contribution is 2.13. The molecule has 1 N–H and O–H groups in total. The predicted octanol–water partition coefficient (Wildman–Crippen LogP) is 1.81. The van der Waals surface area contributed by atoms with Crippen LogP contribution in [0.2, 0.25) is 0 Å². The van der Waals surface area contributed by atoms with Crippen molar-refractivity contribution in [1.82, 2.24) is 0 Å². The number of aryl methyl sites for hydroxylation is 1. The molecule has 25 heavy (non-hydrogen) atoms. The summed E-state index contributed by atoms with van der Waals surface area (Å²) in [5.74, 6) is -0.233. The highest BCUT2D eigenvalue weighted by molar-refractivity contribution is 7.86. The molecule has 0 aliphatic heterocycles. The smallest absolute Gasteiger partial charge is 0.305 e. The van der Waals surface area contributed by atoms with Gasteiger partial charge in [-0.25, -0.2) is 0 Å². The van der Waals surface area contributed by atoms with E-state index in [2.05, 4.69) is 4.74 Å². The van der Waals surface area contributed by atoms with Gasteiger partial charge in [-0.1, -0.05) is 24.1 Å². The normalized spacial score (nSPS) is 12.8. The van der Waals surface area contributed by atoms with Crippen LogP contribution >= 0.6 is 0 Å². The number of carbonyl (C=O) groups excluding carboxylic acids is 1. The van der Waals surface area contributed by atoms with Gasteiger partial charge in [0.15, 0.2) is 0 Å². The molecule has 0 saturated heterocycles. The van der Waals surface area contributed by atoms with E-state index in [1.807, 2.05) is 6.92 Å². The third-order valence-electron chi connectivity index (χ3n) is 3.43. The lowest BCUT2D eigenvalue weighted by atomic mass is 10.2. The Morgan fingerprint density at radius 3 is 2.44 bits per heavy atom. The number of benzene rings is 1. The van der Waals surface area contributed by atoms with Crippen LogP contribution in [0.3, 0.4) is 0 Å². The van der Waals surface area contributed by atoms with E-state index < -0.39 is 16.2 Å². The maximum atomic E-state index is 12.0. The topological polar surface area (TPSA) is 99.1 Å². The van der Waals surface area contributed by atoms with E-state index in [0.717, 1.165) is 24.8 Å². The van der Waals surface area contributed by atoms with Gasteiger partial charge < -0.3 is 14.6 Å². The number of rotatable bonds is 12. The number of ether oxygens (including phenoxy) is 2. The Bertz CT molecular complexity index is 610. The fraction of sp³-hybridized carbons (Fsp3) is 0.588. The van der Waals surface area contributed by atoms with Crippen molar-refractivity contribution in [3.63, 3.8) is 0 Å². The zero-order chi connectivity index (χ0) is 18.7. The Balaban J connectivity index is 2.17. The van der Waals surface area contributed by atoms with Gasteiger partial charge in [-0.05, 0) is 31.9 Å². The quantitative estimate of drug-likeness (QED) is 0.338. The highest BCUT2D eigenvalue weighted by atomic mass is 32.2. The molecule has 1 rings (SSSR count). The second kappa shape index (κ2) is 11.2. The molecule has 0 aliphatic carbocycles. The Hall–Kier alpha value is -1.48. The lowest BCUT2D eigenvalue weighted by Crippen LogP contribution is -2.24. The monoisotopic (exact) mass is 374 g/mol. The molecule has 1 aromatic rings. The molecule has 1 aromatic carbocycles. The van der Waals surface area contributed by atoms with Crippen molar-refractivity contribution in [3.8, 4) is 0 Å². The predicted molar refractivity (Wildman–Crippen MR) is 91.6 cm³/mol. The Morgan fingerprint density at radius 1 is 1.12 bits per heavy atom. The molecule has 0 spiro atoms. The zero-order valence-electron chi connectivity index (χ0n) is 14.6. The molecule has 7 nitrogen and oxygen atoms in total. The van der Waals surface area contributed by atoms with Gasteiger partial charge in [0.2, 0.25) is 0 Å². The Morgan fingerprint density at radius 2 is 1.80 bits per heavy atom. The number of aliphatic hydroxyl groups is 1. The molecule has 1 atom stereocenters. The fourth-order valence-electron chi connectivity index (χ4n) is 1.96. The SMILES string of the molecule is COC(=O)CCCCCOC[C@@H](O)COS(=O)(=O)c1ccc(C)cc1. The van der Waals surface area contributed by atoms with Gasteiger partial charge in [0.05, 0.1) is 25.2 Å². The molecule has 0 amide bonds. The number of esters is 1. The van der Waals surface area contributed by atoms with E-state index in [1.165, 1.54) is 19.2 Å². The van der Waals surface area contributed by atoms with Gasteiger partial charge >= 0.3 is 5.97 Å². The highest BCUT2D eigenvalue weighted by Gasteiger charge is 2.17. The molecular formula is C17H26O7S. The number of aliphatic hydroxyl groups excluding tert-OH is 1. The van der Waals surface area contributed by atoms with Crippen LogP contribution in [0.15, 0.2) is 29.2 Å². The molecular weight excluding hydrogens is 348 g/mol. The minimum absolute atomic E-state index is 0.0135. The van der Waals surface area contributed by atoms with E-state index in [4.69, 9.17) is 8.92 Å². The van der Waals surface area contributed by atoms with Gasteiger partial charge in [-0.15, -0.1) is 0 Å². The van der Waals surface area contributed by atoms with E-state index in [0.29, 0.717) is 13.0 Å². The lowest BCUT2D eigenvalue weighted by Gasteiger charge is -2.12. The number of unbranched alkanes of at least 4 members (excludes halogenated alkanes) is 2. The van der Waals surface area contributed by atoms with Crippen LogP contribution in [0.1, 0.15) is 31.2 Å². The van der Waals surface area contributed by atoms with E-state index in [-0.39, 0.29) is 24.1 Å². The third kappa shape index (κ3) is 8.97. The molecule has 8 heteroatoms. The van der Waals surface area contributed by atoms with Crippen LogP contribution < -0.4 is 0 Å². The zero-order valence-corrected chi connectivity index (χ0v) is 15.5. The van der Waals surface area contributed by atoms with E-state index in [1.54, 1.807) is 12.1 Å². The molecule has 0 bridgehead atoms. The number of methoxy groups -OCH3 is 1. The third-order valence-corrected chi connectivity index (χ3v) is 4.73. The number of carbonyl (C=O) groups is 1. The molecule has 0 fully saturated rings. The van der Waals surface area contributed by atoms with Crippen LogP contribution in [0.5, 0.6) is 0 Å². The average molecular weight is 374 g/mol. The summed E-state index contributed by atoms with van der Waals surface area (Å²) in [6.45, 7) is 1.90. The first-order valence-corrected chi connectivity index (χ1v) is 9.54. The van der Waals surface area contributed by atoms with Crippen molar-refractivity contribution >= 4 is 16.1 Å². The summed E-state index contributed by atoms with van der Waals surface area (Å²) in [4.78, 5) is 11.0. The van der Waals surface area contributed by atoms with E-state index >= 15 is 0 Å².